The summed E-state index contributed by atoms with van der Waals surface area (Å²) < 4.78 is 33.5. The average Bonchev–Trinajstić information content (AvgIpc) is 3.40. The maximum Gasteiger partial charge on any atom is 0.243 e. The highest BCUT2D eigenvalue weighted by Crippen LogP contribution is 2.34. The first kappa shape index (κ1) is 17.1. The van der Waals surface area contributed by atoms with Gasteiger partial charge in [-0.3, -0.25) is 0 Å². The van der Waals surface area contributed by atoms with E-state index in [-0.39, 0.29) is 18.1 Å². The van der Waals surface area contributed by atoms with E-state index in [1.54, 1.807) is 28.6 Å². The van der Waals surface area contributed by atoms with Crippen LogP contribution in [0.15, 0.2) is 65.6 Å². The summed E-state index contributed by atoms with van der Waals surface area (Å²) in [4.78, 5) is 0.326. The zero-order chi connectivity index (χ0) is 17.2. The predicted octanol–water partition coefficient (Wildman–Crippen LogP) is 3.47. The van der Waals surface area contributed by atoms with Crippen LogP contribution in [0.1, 0.15) is 25.5 Å². The Morgan fingerprint density at radius 3 is 2.08 bits per heavy atom. The molecular formula is C19H23NO3S. The van der Waals surface area contributed by atoms with Crippen LogP contribution in [-0.2, 0) is 14.8 Å². The molecule has 128 valence electrons. The number of hydrogen-bond donors (Lipinski definition) is 0. The molecule has 2 unspecified atom stereocenters. The number of epoxide rings is 1. The molecular weight excluding hydrogens is 322 g/mol. The Balaban J connectivity index is 2.04. The second-order valence-electron chi connectivity index (χ2n) is 6.44. The molecule has 0 aliphatic carbocycles. The molecule has 0 N–H and O–H groups in total. The van der Waals surface area contributed by atoms with Gasteiger partial charge >= 0.3 is 0 Å². The molecule has 5 heteroatoms. The van der Waals surface area contributed by atoms with E-state index in [1.165, 1.54) is 0 Å². The maximum atomic E-state index is 13.3. The lowest BCUT2D eigenvalue weighted by Crippen LogP contribution is -2.40. The van der Waals surface area contributed by atoms with Gasteiger partial charge in [-0.2, -0.15) is 4.31 Å². The lowest BCUT2D eigenvalue weighted by molar-refractivity contribution is 0.239. The summed E-state index contributed by atoms with van der Waals surface area (Å²) in [5.74, 6) is 0.143. The lowest BCUT2D eigenvalue weighted by Gasteiger charge is -2.33. The molecule has 1 fully saturated rings. The fourth-order valence-electron chi connectivity index (χ4n) is 3.00. The van der Waals surface area contributed by atoms with Crippen LogP contribution in [0, 0.1) is 5.92 Å². The minimum Gasteiger partial charge on any atom is -0.372 e. The highest BCUT2D eigenvalue weighted by atomic mass is 32.2. The minimum atomic E-state index is -3.60. The van der Waals surface area contributed by atoms with Crippen LogP contribution in [-0.4, -0.2) is 32.0 Å². The molecule has 1 saturated heterocycles. The maximum absolute atomic E-state index is 13.3. The predicted molar refractivity (Wildman–Crippen MR) is 94.1 cm³/mol. The molecule has 4 nitrogen and oxygen atoms in total. The summed E-state index contributed by atoms with van der Waals surface area (Å²) in [6, 6.07) is 18.2. The standard InChI is InChI=1S/C19H23NO3S/c1-15(2)19(16-9-5-3-6-10-16)20(13-17-14-23-17)24(21,22)18-11-7-4-8-12-18/h3-12,15,17,19H,13-14H2,1-2H3. The highest BCUT2D eigenvalue weighted by Gasteiger charge is 2.38. The third-order valence-electron chi connectivity index (χ3n) is 4.22. The molecule has 0 saturated carbocycles. The van der Waals surface area contributed by atoms with Crippen LogP contribution in [0.3, 0.4) is 0 Å². The van der Waals surface area contributed by atoms with Gasteiger partial charge in [-0.1, -0.05) is 62.4 Å². The van der Waals surface area contributed by atoms with Crippen LogP contribution in [0.25, 0.3) is 0 Å². The number of rotatable bonds is 7. The number of sulfonamides is 1. The number of benzene rings is 2. The monoisotopic (exact) mass is 345 g/mol. The zero-order valence-electron chi connectivity index (χ0n) is 14.0. The van der Waals surface area contributed by atoms with Crippen molar-refractivity contribution < 1.29 is 13.2 Å². The first-order valence-corrected chi connectivity index (χ1v) is 9.67. The zero-order valence-corrected chi connectivity index (χ0v) is 14.8. The number of hydrogen-bond acceptors (Lipinski definition) is 3. The molecule has 1 aliphatic heterocycles. The van der Waals surface area contributed by atoms with Crippen LogP contribution in [0.2, 0.25) is 0 Å². The molecule has 2 atom stereocenters. The summed E-state index contributed by atoms with van der Waals surface area (Å²) in [7, 11) is -3.60. The Morgan fingerprint density at radius 1 is 1.04 bits per heavy atom. The minimum absolute atomic E-state index is 0.00607. The van der Waals surface area contributed by atoms with Gasteiger partial charge in [-0.25, -0.2) is 8.42 Å². The van der Waals surface area contributed by atoms with E-state index in [2.05, 4.69) is 13.8 Å². The van der Waals surface area contributed by atoms with Gasteiger partial charge in [0.25, 0.3) is 0 Å². The first-order valence-electron chi connectivity index (χ1n) is 8.23. The first-order chi connectivity index (χ1) is 11.5. The SMILES string of the molecule is CC(C)C(c1ccccc1)N(CC1CO1)S(=O)(=O)c1ccccc1. The molecule has 2 aromatic rings. The van der Waals surface area contributed by atoms with E-state index in [9.17, 15) is 8.42 Å². The molecule has 0 spiro atoms. The van der Waals surface area contributed by atoms with Gasteiger partial charge in [0.05, 0.1) is 23.6 Å². The highest BCUT2D eigenvalue weighted by molar-refractivity contribution is 7.89. The van der Waals surface area contributed by atoms with Crippen molar-refractivity contribution >= 4 is 10.0 Å². The van der Waals surface area contributed by atoms with E-state index >= 15 is 0 Å². The van der Waals surface area contributed by atoms with Crippen molar-refractivity contribution in [2.24, 2.45) is 5.92 Å². The lowest BCUT2D eigenvalue weighted by atomic mass is 9.96. The van der Waals surface area contributed by atoms with Crippen molar-refractivity contribution in [2.75, 3.05) is 13.2 Å². The van der Waals surface area contributed by atoms with Crippen molar-refractivity contribution in [3.8, 4) is 0 Å². The van der Waals surface area contributed by atoms with Crippen LogP contribution < -0.4 is 0 Å². The van der Waals surface area contributed by atoms with Crippen LogP contribution in [0.5, 0.6) is 0 Å². The Bertz CT molecular complexity index is 756. The summed E-state index contributed by atoms with van der Waals surface area (Å²) in [6.45, 7) is 5.12. The van der Waals surface area contributed by atoms with Crippen molar-refractivity contribution in [1.82, 2.24) is 4.31 Å². The largest absolute Gasteiger partial charge is 0.372 e. The van der Waals surface area contributed by atoms with Gasteiger partial charge < -0.3 is 4.74 Å². The number of ether oxygens (including phenoxy) is 1. The normalized spacial score (nSPS) is 18.8. The smallest absolute Gasteiger partial charge is 0.243 e. The topological polar surface area (TPSA) is 49.9 Å². The van der Waals surface area contributed by atoms with Crippen molar-refractivity contribution in [3.63, 3.8) is 0 Å². The molecule has 0 radical (unpaired) electrons. The second kappa shape index (κ2) is 7.05. The Hall–Kier alpha value is -1.69. The third kappa shape index (κ3) is 3.69. The van der Waals surface area contributed by atoms with Crippen LogP contribution >= 0.6 is 0 Å². The summed E-state index contributed by atoms with van der Waals surface area (Å²) >= 11 is 0. The molecule has 3 rings (SSSR count). The fourth-order valence-corrected chi connectivity index (χ4v) is 4.80. The Morgan fingerprint density at radius 2 is 1.58 bits per heavy atom. The summed E-state index contributed by atoms with van der Waals surface area (Å²) in [5.41, 5.74) is 1.01. The van der Waals surface area contributed by atoms with E-state index in [4.69, 9.17) is 4.74 Å². The van der Waals surface area contributed by atoms with Gasteiger partial charge in [0, 0.05) is 6.54 Å². The van der Waals surface area contributed by atoms with E-state index in [0.717, 1.165) is 5.56 Å². The van der Waals surface area contributed by atoms with Crippen molar-refractivity contribution in [2.45, 2.75) is 30.9 Å². The Kier molecular flexibility index (Phi) is 5.04. The molecule has 24 heavy (non-hydrogen) atoms. The molecule has 0 amide bonds. The van der Waals surface area contributed by atoms with E-state index in [0.29, 0.717) is 18.0 Å². The van der Waals surface area contributed by atoms with E-state index < -0.39 is 10.0 Å². The fraction of sp³-hybridized carbons (Fsp3) is 0.368. The van der Waals surface area contributed by atoms with Gasteiger partial charge in [0.2, 0.25) is 10.0 Å². The molecule has 1 heterocycles. The third-order valence-corrected chi connectivity index (χ3v) is 6.08. The van der Waals surface area contributed by atoms with Crippen molar-refractivity contribution in [3.05, 3.63) is 66.2 Å². The van der Waals surface area contributed by atoms with Gasteiger partial charge in [-0.15, -0.1) is 0 Å². The second-order valence-corrected chi connectivity index (χ2v) is 8.33. The van der Waals surface area contributed by atoms with Gasteiger partial charge in [-0.05, 0) is 23.6 Å². The van der Waals surface area contributed by atoms with Gasteiger partial charge in [0.1, 0.15) is 0 Å². The van der Waals surface area contributed by atoms with Crippen molar-refractivity contribution in [1.29, 1.82) is 0 Å². The summed E-state index contributed by atoms with van der Waals surface area (Å²) in [6.07, 6.45) is -0.00607. The molecule has 0 bridgehead atoms. The molecule has 1 aliphatic rings. The number of nitrogens with zero attached hydrogens (tertiary/aromatic N) is 1. The van der Waals surface area contributed by atoms with Gasteiger partial charge in [0.15, 0.2) is 0 Å². The molecule has 0 aromatic heterocycles. The average molecular weight is 345 g/mol. The quantitative estimate of drug-likeness (QED) is 0.722. The van der Waals surface area contributed by atoms with E-state index in [1.807, 2.05) is 36.4 Å². The Labute approximate surface area is 144 Å². The summed E-state index contributed by atoms with van der Waals surface area (Å²) in [5, 5.41) is 0. The molecule has 2 aromatic carbocycles. The van der Waals surface area contributed by atoms with Crippen LogP contribution in [0.4, 0.5) is 0 Å².